The van der Waals surface area contributed by atoms with Crippen molar-refractivity contribution >= 4 is 43.2 Å². The Morgan fingerprint density at radius 1 is 1.65 bits per heavy atom. The second kappa shape index (κ2) is 6.52. The molecule has 1 atom stereocenters. The first-order valence-electron chi connectivity index (χ1n) is 6.21. The molecule has 1 aromatic rings. The molecule has 0 spiro atoms. The number of carbonyl (C=O) groups is 1. The van der Waals surface area contributed by atoms with Gasteiger partial charge < -0.3 is 10.6 Å². The Bertz CT molecular complexity index is 587. The highest BCUT2D eigenvalue weighted by molar-refractivity contribution is 9.10. The van der Waals surface area contributed by atoms with Gasteiger partial charge in [0.2, 0.25) is 5.91 Å². The fraction of sp³-hybridized carbons (Fsp3) is 0.545. The highest BCUT2D eigenvalue weighted by Crippen LogP contribution is 2.31. The van der Waals surface area contributed by atoms with E-state index in [9.17, 15) is 13.2 Å². The van der Waals surface area contributed by atoms with Crippen molar-refractivity contribution in [1.29, 1.82) is 0 Å². The van der Waals surface area contributed by atoms with Crippen molar-refractivity contribution in [2.45, 2.75) is 17.2 Å². The largest absolute Gasteiger partial charge is 0.355 e. The van der Waals surface area contributed by atoms with Crippen LogP contribution < -0.4 is 10.6 Å². The summed E-state index contributed by atoms with van der Waals surface area (Å²) >= 11 is 4.39. The summed E-state index contributed by atoms with van der Waals surface area (Å²) in [4.78, 5) is 12.0. The van der Waals surface area contributed by atoms with Gasteiger partial charge in [-0.3, -0.25) is 4.79 Å². The van der Waals surface area contributed by atoms with E-state index in [1.807, 2.05) is 6.92 Å². The van der Waals surface area contributed by atoms with E-state index in [4.69, 9.17) is 0 Å². The van der Waals surface area contributed by atoms with Gasteiger partial charge in [-0.1, -0.05) is 0 Å². The zero-order valence-corrected chi connectivity index (χ0v) is 14.1. The van der Waals surface area contributed by atoms with Gasteiger partial charge in [0.15, 0.2) is 0 Å². The normalized spacial score (nSPS) is 20.8. The number of carbonyl (C=O) groups excluding carboxylic acids is 1. The van der Waals surface area contributed by atoms with Crippen LogP contribution in [0.2, 0.25) is 0 Å². The number of amides is 1. The maximum Gasteiger partial charge on any atom is 0.254 e. The third kappa shape index (κ3) is 3.06. The van der Waals surface area contributed by atoms with Crippen molar-refractivity contribution in [2.75, 3.05) is 26.2 Å². The molecular formula is C11H16BrN3O3S2. The number of nitrogens with one attached hydrogen (secondary N) is 2. The molecule has 2 rings (SSSR count). The number of nitrogens with zero attached hydrogens (tertiary/aromatic N) is 1. The molecule has 20 heavy (non-hydrogen) atoms. The van der Waals surface area contributed by atoms with Crippen molar-refractivity contribution in [1.82, 2.24) is 14.9 Å². The van der Waals surface area contributed by atoms with E-state index in [1.54, 1.807) is 11.4 Å². The van der Waals surface area contributed by atoms with E-state index in [0.29, 0.717) is 24.1 Å². The van der Waals surface area contributed by atoms with Crippen LogP contribution in [0.4, 0.5) is 0 Å². The van der Waals surface area contributed by atoms with Crippen molar-refractivity contribution in [2.24, 2.45) is 0 Å². The van der Waals surface area contributed by atoms with Crippen LogP contribution in [-0.2, 0) is 14.8 Å². The molecular weight excluding hydrogens is 366 g/mol. The summed E-state index contributed by atoms with van der Waals surface area (Å²) in [6, 6.07) is 0.989. The smallest absolute Gasteiger partial charge is 0.254 e. The summed E-state index contributed by atoms with van der Waals surface area (Å²) in [5.41, 5.74) is 0. The lowest BCUT2D eigenvalue weighted by Gasteiger charge is -2.33. The number of sulfonamides is 1. The van der Waals surface area contributed by atoms with Crippen molar-refractivity contribution in [3.63, 3.8) is 0 Å². The third-order valence-electron chi connectivity index (χ3n) is 2.98. The van der Waals surface area contributed by atoms with Crippen LogP contribution in [-0.4, -0.2) is 50.9 Å². The van der Waals surface area contributed by atoms with Gasteiger partial charge in [-0.2, -0.15) is 4.31 Å². The van der Waals surface area contributed by atoms with E-state index >= 15 is 0 Å². The summed E-state index contributed by atoms with van der Waals surface area (Å²) < 4.78 is 27.4. The lowest BCUT2D eigenvalue weighted by Crippen LogP contribution is -2.59. The predicted octanol–water partition coefficient (Wildman–Crippen LogP) is 0.609. The minimum absolute atomic E-state index is 0.244. The fourth-order valence-corrected chi connectivity index (χ4v) is 6.07. The average molecular weight is 382 g/mol. The Labute approximate surface area is 130 Å². The molecule has 1 unspecified atom stereocenters. The van der Waals surface area contributed by atoms with Crippen LogP contribution >= 0.6 is 27.3 Å². The van der Waals surface area contributed by atoms with Gasteiger partial charge in [0, 0.05) is 30.7 Å². The molecule has 1 fully saturated rings. The molecule has 1 aromatic heterocycles. The van der Waals surface area contributed by atoms with Gasteiger partial charge in [0.1, 0.15) is 10.3 Å². The summed E-state index contributed by atoms with van der Waals surface area (Å²) in [6.45, 7) is 3.44. The summed E-state index contributed by atoms with van der Waals surface area (Å²) in [5, 5.41) is 7.45. The zero-order valence-electron chi connectivity index (χ0n) is 10.9. The zero-order chi connectivity index (χ0) is 14.8. The van der Waals surface area contributed by atoms with Gasteiger partial charge in [0.25, 0.3) is 10.0 Å². The Balaban J connectivity index is 2.32. The summed E-state index contributed by atoms with van der Waals surface area (Å²) in [7, 11) is -3.66. The Morgan fingerprint density at radius 3 is 3.00 bits per heavy atom. The molecule has 0 bridgehead atoms. The molecule has 2 N–H and O–H groups in total. The molecule has 1 aliphatic heterocycles. The molecule has 1 amide bonds. The molecule has 1 saturated heterocycles. The number of halogens is 1. The number of thiophene rings is 1. The van der Waals surface area contributed by atoms with Crippen LogP contribution in [0.3, 0.4) is 0 Å². The van der Waals surface area contributed by atoms with Crippen molar-refractivity contribution in [3.8, 4) is 0 Å². The number of rotatable bonds is 4. The molecule has 0 aromatic carbocycles. The van der Waals surface area contributed by atoms with Gasteiger partial charge in [-0.15, -0.1) is 11.3 Å². The maximum atomic E-state index is 12.7. The van der Waals surface area contributed by atoms with E-state index in [2.05, 4.69) is 26.6 Å². The molecule has 6 nitrogen and oxygen atoms in total. The highest BCUT2D eigenvalue weighted by Gasteiger charge is 2.38. The lowest BCUT2D eigenvalue weighted by atomic mass is 10.2. The topological polar surface area (TPSA) is 78.5 Å². The number of hydrogen-bond acceptors (Lipinski definition) is 5. The predicted molar refractivity (Wildman–Crippen MR) is 81.3 cm³/mol. The molecule has 2 heterocycles. The Hall–Kier alpha value is -0.480. The van der Waals surface area contributed by atoms with Gasteiger partial charge in [0.05, 0.1) is 0 Å². The molecule has 1 aliphatic rings. The highest BCUT2D eigenvalue weighted by atomic mass is 79.9. The van der Waals surface area contributed by atoms with Crippen LogP contribution in [0.15, 0.2) is 20.1 Å². The number of hydrogen-bond donors (Lipinski definition) is 2. The minimum Gasteiger partial charge on any atom is -0.355 e. The van der Waals surface area contributed by atoms with E-state index in [-0.39, 0.29) is 16.7 Å². The van der Waals surface area contributed by atoms with Crippen LogP contribution in [0, 0.1) is 0 Å². The van der Waals surface area contributed by atoms with E-state index in [1.165, 1.54) is 4.31 Å². The molecule has 112 valence electrons. The quantitative estimate of drug-likeness (QED) is 0.800. The number of likely N-dealkylation sites (N-methyl/N-ethyl adjacent to an activating group) is 1. The van der Waals surface area contributed by atoms with Crippen molar-refractivity contribution < 1.29 is 13.2 Å². The molecule has 0 aliphatic carbocycles. The molecule has 9 heteroatoms. The standard InChI is InChI=1S/C11H16BrN3O3S2/c1-2-14-10(16)9-7-13-4-5-15(9)20(17,18)11-8(12)3-6-19-11/h3,6,9,13H,2,4-5,7H2,1H3,(H,14,16). The lowest BCUT2D eigenvalue weighted by molar-refractivity contribution is -0.125. The first-order valence-corrected chi connectivity index (χ1v) is 9.33. The van der Waals surface area contributed by atoms with Gasteiger partial charge in [-0.25, -0.2) is 8.42 Å². The second-order valence-electron chi connectivity index (χ2n) is 4.29. The minimum atomic E-state index is -3.66. The van der Waals surface area contributed by atoms with Crippen LogP contribution in [0.25, 0.3) is 0 Å². The van der Waals surface area contributed by atoms with E-state index in [0.717, 1.165) is 11.3 Å². The maximum absolute atomic E-state index is 12.7. The Morgan fingerprint density at radius 2 is 2.40 bits per heavy atom. The first kappa shape index (κ1) is 15.9. The first-order chi connectivity index (χ1) is 9.48. The SMILES string of the molecule is CCNC(=O)C1CNCCN1S(=O)(=O)c1sccc1Br. The summed E-state index contributed by atoms with van der Waals surface area (Å²) in [6.07, 6.45) is 0. The molecule has 0 saturated carbocycles. The second-order valence-corrected chi connectivity index (χ2v) is 8.14. The summed E-state index contributed by atoms with van der Waals surface area (Å²) in [5.74, 6) is -0.268. The van der Waals surface area contributed by atoms with Gasteiger partial charge >= 0.3 is 0 Å². The molecule has 0 radical (unpaired) electrons. The fourth-order valence-electron chi connectivity index (χ4n) is 2.06. The van der Waals surface area contributed by atoms with Crippen LogP contribution in [0.5, 0.6) is 0 Å². The third-order valence-corrected chi connectivity index (χ3v) is 7.53. The average Bonchev–Trinajstić information content (AvgIpc) is 2.86. The van der Waals surface area contributed by atoms with Crippen LogP contribution in [0.1, 0.15) is 6.92 Å². The van der Waals surface area contributed by atoms with Gasteiger partial charge in [-0.05, 0) is 34.3 Å². The van der Waals surface area contributed by atoms with E-state index < -0.39 is 16.1 Å². The van der Waals surface area contributed by atoms with Crippen molar-refractivity contribution in [3.05, 3.63) is 15.9 Å². The monoisotopic (exact) mass is 381 g/mol. The Kier molecular flexibility index (Phi) is 5.19. The number of piperazine rings is 1.